The molecule has 1 aromatic carbocycles. The largest absolute Gasteiger partial charge is 0.504 e. The van der Waals surface area contributed by atoms with Crippen LogP contribution in [0.1, 0.15) is 115 Å². The molecule has 2 saturated carbocycles. The van der Waals surface area contributed by atoms with Crippen molar-refractivity contribution in [1.29, 1.82) is 0 Å². The minimum atomic E-state index is 0.0656. The molecule has 2 nitrogen and oxygen atoms in total. The average Bonchev–Trinajstić information content (AvgIpc) is 3.57. The fraction of sp³-hybridized carbons (Fsp3) is 0.769. The number of aryl methyl sites for hydroxylation is 2. The summed E-state index contributed by atoms with van der Waals surface area (Å²) >= 11 is 0. The number of hydrogen-bond donors (Lipinski definition) is 2. The Morgan fingerprint density at radius 1 is 0.679 bits per heavy atom. The van der Waals surface area contributed by atoms with Crippen LogP contribution in [0.4, 0.5) is 0 Å². The molecule has 0 heterocycles. The maximum Gasteiger partial charge on any atom is 0.160 e. The van der Waals surface area contributed by atoms with Crippen LogP contribution in [0.3, 0.4) is 0 Å². The van der Waals surface area contributed by atoms with Crippen molar-refractivity contribution in [3.63, 3.8) is 0 Å². The van der Waals surface area contributed by atoms with E-state index in [9.17, 15) is 10.2 Å². The maximum atomic E-state index is 10.2. The molecular weight excluding hydrogens is 344 g/mol. The number of hydrogen-bond acceptors (Lipinski definition) is 2. The zero-order valence-electron chi connectivity index (χ0n) is 18.4. The van der Waals surface area contributed by atoms with Gasteiger partial charge in [-0.05, 0) is 92.2 Å². The van der Waals surface area contributed by atoms with Gasteiger partial charge in [-0.25, -0.2) is 0 Å². The molecule has 0 saturated heterocycles. The number of phenols is 2. The fourth-order valence-corrected chi connectivity index (χ4v) is 4.46. The van der Waals surface area contributed by atoms with Gasteiger partial charge in [0.1, 0.15) is 0 Å². The molecule has 0 amide bonds. The quantitative estimate of drug-likeness (QED) is 0.254. The van der Waals surface area contributed by atoms with Crippen LogP contribution in [0.2, 0.25) is 0 Å². The summed E-state index contributed by atoms with van der Waals surface area (Å²) in [5.41, 5.74) is 3.48. The molecule has 28 heavy (non-hydrogen) atoms. The number of aromatic hydroxyl groups is 2. The topological polar surface area (TPSA) is 40.5 Å². The van der Waals surface area contributed by atoms with Crippen molar-refractivity contribution in [2.45, 2.75) is 117 Å². The molecule has 0 aliphatic heterocycles. The minimum Gasteiger partial charge on any atom is -0.504 e. The first-order valence-electron chi connectivity index (χ1n) is 11.9. The van der Waals surface area contributed by atoms with Gasteiger partial charge in [0.15, 0.2) is 11.5 Å². The molecule has 0 spiro atoms. The third-order valence-electron chi connectivity index (χ3n) is 7.41. The van der Waals surface area contributed by atoms with E-state index in [0.717, 1.165) is 24.8 Å². The minimum absolute atomic E-state index is 0.0656. The lowest BCUT2D eigenvalue weighted by atomic mass is 9.96. The van der Waals surface area contributed by atoms with E-state index in [1.165, 1.54) is 89.0 Å². The van der Waals surface area contributed by atoms with Gasteiger partial charge in [0.2, 0.25) is 0 Å². The number of benzene rings is 1. The second-order valence-electron chi connectivity index (χ2n) is 10.6. The second kappa shape index (κ2) is 9.55. The molecule has 2 N–H and O–H groups in total. The highest BCUT2D eigenvalue weighted by atomic mass is 16.3. The summed E-state index contributed by atoms with van der Waals surface area (Å²) < 4.78 is 0. The van der Waals surface area contributed by atoms with E-state index in [1.54, 1.807) is 6.07 Å². The van der Waals surface area contributed by atoms with Crippen LogP contribution in [-0.2, 0) is 12.8 Å². The third-order valence-corrected chi connectivity index (χ3v) is 7.41. The number of unbranched alkanes of at least 4 members (excludes halogenated alkanes) is 6. The van der Waals surface area contributed by atoms with E-state index in [0.29, 0.717) is 10.8 Å². The van der Waals surface area contributed by atoms with E-state index >= 15 is 0 Å². The van der Waals surface area contributed by atoms with Gasteiger partial charge >= 0.3 is 0 Å². The van der Waals surface area contributed by atoms with Gasteiger partial charge < -0.3 is 10.2 Å². The van der Waals surface area contributed by atoms with Gasteiger partial charge in [0.25, 0.3) is 0 Å². The van der Waals surface area contributed by atoms with E-state index in [2.05, 4.69) is 19.9 Å². The van der Waals surface area contributed by atoms with Crippen LogP contribution in [0.25, 0.3) is 0 Å². The lowest BCUT2D eigenvalue weighted by Crippen LogP contribution is -1.95. The Morgan fingerprint density at radius 3 is 1.71 bits per heavy atom. The zero-order valence-corrected chi connectivity index (χ0v) is 18.4. The molecule has 0 bridgehead atoms. The highest BCUT2D eigenvalue weighted by Crippen LogP contribution is 2.49. The molecule has 3 rings (SSSR count). The summed E-state index contributed by atoms with van der Waals surface area (Å²) in [4.78, 5) is 0. The zero-order chi connectivity index (χ0) is 20.0. The van der Waals surface area contributed by atoms with Gasteiger partial charge in [-0.15, -0.1) is 0 Å². The summed E-state index contributed by atoms with van der Waals surface area (Å²) in [6.07, 6.45) is 20.5. The predicted octanol–water partition coefficient (Wildman–Crippen LogP) is 7.68. The first-order chi connectivity index (χ1) is 13.4. The molecule has 0 radical (unpaired) electrons. The normalized spacial score (nSPS) is 18.9. The Balaban J connectivity index is 1.32. The molecular formula is C26H42O2. The van der Waals surface area contributed by atoms with Crippen LogP contribution < -0.4 is 0 Å². The van der Waals surface area contributed by atoms with Crippen LogP contribution in [-0.4, -0.2) is 10.2 Å². The molecule has 0 atom stereocenters. The Bertz CT molecular complexity index is 626. The number of rotatable bonds is 14. The van der Waals surface area contributed by atoms with Gasteiger partial charge in [-0.3, -0.25) is 0 Å². The van der Waals surface area contributed by atoms with Crippen molar-refractivity contribution in [2.75, 3.05) is 0 Å². The highest BCUT2D eigenvalue weighted by Gasteiger charge is 2.36. The second-order valence-corrected chi connectivity index (χ2v) is 10.6. The molecule has 1 aromatic rings. The lowest BCUT2D eigenvalue weighted by Gasteiger charge is -2.11. The van der Waals surface area contributed by atoms with Gasteiger partial charge in [-0.2, -0.15) is 0 Å². The van der Waals surface area contributed by atoms with E-state index in [1.807, 2.05) is 0 Å². The predicted molar refractivity (Wildman–Crippen MR) is 118 cm³/mol. The molecule has 2 aliphatic rings. The SMILES string of the molecule is CC1(CCCCCCc2cc(O)c(O)c(CCCCCCC3(C)CC3)c2)CC1. The van der Waals surface area contributed by atoms with Crippen LogP contribution in [0.5, 0.6) is 11.5 Å². The van der Waals surface area contributed by atoms with Crippen LogP contribution >= 0.6 is 0 Å². The smallest absolute Gasteiger partial charge is 0.160 e. The molecule has 158 valence electrons. The first kappa shape index (κ1) is 21.5. The first-order valence-corrected chi connectivity index (χ1v) is 11.9. The molecule has 2 fully saturated rings. The Morgan fingerprint density at radius 2 is 1.18 bits per heavy atom. The van der Waals surface area contributed by atoms with Crippen LogP contribution in [0.15, 0.2) is 12.1 Å². The van der Waals surface area contributed by atoms with Crippen molar-refractivity contribution in [3.8, 4) is 11.5 Å². The Labute approximate surface area is 172 Å². The summed E-state index contributed by atoms with van der Waals surface area (Å²) in [5, 5.41) is 20.3. The van der Waals surface area contributed by atoms with Crippen molar-refractivity contribution in [1.82, 2.24) is 0 Å². The van der Waals surface area contributed by atoms with E-state index in [4.69, 9.17) is 0 Å². The summed E-state index contributed by atoms with van der Waals surface area (Å²) in [6.45, 7) is 4.83. The molecule has 2 heteroatoms. The summed E-state index contributed by atoms with van der Waals surface area (Å²) in [7, 11) is 0. The molecule has 0 unspecified atom stereocenters. The fourth-order valence-electron chi connectivity index (χ4n) is 4.46. The molecule has 0 aromatic heterocycles. The van der Waals surface area contributed by atoms with Gasteiger partial charge in [-0.1, -0.05) is 58.4 Å². The van der Waals surface area contributed by atoms with Gasteiger partial charge in [0, 0.05) is 0 Å². The summed E-state index contributed by atoms with van der Waals surface area (Å²) in [5.74, 6) is 0.169. The average molecular weight is 387 g/mol. The maximum absolute atomic E-state index is 10.2. The van der Waals surface area contributed by atoms with Crippen molar-refractivity contribution in [3.05, 3.63) is 23.3 Å². The Hall–Kier alpha value is -1.18. The van der Waals surface area contributed by atoms with Crippen molar-refractivity contribution in [2.24, 2.45) is 10.8 Å². The Kier molecular flexibility index (Phi) is 7.34. The molecule has 2 aliphatic carbocycles. The van der Waals surface area contributed by atoms with E-state index in [-0.39, 0.29) is 11.5 Å². The van der Waals surface area contributed by atoms with Crippen molar-refractivity contribution >= 4 is 0 Å². The highest BCUT2D eigenvalue weighted by molar-refractivity contribution is 5.47. The standard InChI is InChI=1S/C26H42O2/c1-25(15-16-25)13-9-5-3-7-11-21-19-22(24(28)23(27)20-21)12-8-4-6-10-14-26(2)17-18-26/h19-20,27-28H,3-18H2,1-2H3. The summed E-state index contributed by atoms with van der Waals surface area (Å²) in [6, 6.07) is 3.89. The van der Waals surface area contributed by atoms with E-state index < -0.39 is 0 Å². The lowest BCUT2D eigenvalue weighted by molar-refractivity contribution is 0.397. The van der Waals surface area contributed by atoms with Crippen molar-refractivity contribution < 1.29 is 10.2 Å². The monoisotopic (exact) mass is 386 g/mol. The third kappa shape index (κ3) is 7.01. The van der Waals surface area contributed by atoms with Crippen LogP contribution in [0, 0.1) is 10.8 Å². The number of phenolic OH excluding ortho intramolecular Hbond substituents is 2. The van der Waals surface area contributed by atoms with Gasteiger partial charge in [0.05, 0.1) is 0 Å².